The van der Waals surface area contributed by atoms with E-state index in [4.69, 9.17) is 0 Å². The minimum absolute atomic E-state index is 0. The molecule has 4 nitrogen and oxygen atoms in total. The van der Waals surface area contributed by atoms with E-state index in [9.17, 15) is 19.8 Å². The van der Waals surface area contributed by atoms with E-state index in [1.54, 1.807) is 12.2 Å². The van der Waals surface area contributed by atoms with Crippen LogP contribution in [-0.2, 0) is 9.59 Å². The van der Waals surface area contributed by atoms with Crippen molar-refractivity contribution in [3.63, 3.8) is 0 Å². The van der Waals surface area contributed by atoms with Crippen molar-refractivity contribution in [1.29, 1.82) is 0 Å². The van der Waals surface area contributed by atoms with Crippen LogP contribution in [0, 0.1) is 0 Å². The van der Waals surface area contributed by atoms with E-state index in [2.05, 4.69) is 13.8 Å². The van der Waals surface area contributed by atoms with Crippen molar-refractivity contribution in [2.45, 2.75) is 104 Å². The van der Waals surface area contributed by atoms with E-state index in [-0.39, 0.29) is 48.9 Å². The standard InChI is InChI=1S/2C11H20O2.Ba/c2*1-2-3-4-5-6-7-8-9-10-11(12)13;/h2*9-10H,2-8H2,1H3,(H,12,13);/q;;+2/p-2. The first-order chi connectivity index (χ1) is 12.5. The van der Waals surface area contributed by atoms with Gasteiger partial charge in [-0.25, -0.2) is 0 Å². The van der Waals surface area contributed by atoms with Crippen LogP contribution in [0.2, 0.25) is 0 Å². The minimum atomic E-state index is -1.09. The van der Waals surface area contributed by atoms with Crippen LogP contribution in [0.3, 0.4) is 0 Å². The maximum Gasteiger partial charge on any atom is 2.00 e. The van der Waals surface area contributed by atoms with Gasteiger partial charge in [0.2, 0.25) is 0 Å². The van der Waals surface area contributed by atoms with Gasteiger partial charge in [-0.05, 0) is 37.8 Å². The first kappa shape index (κ1) is 31.7. The SMILES string of the molecule is CCCCCCCCC=CC(=O)[O-].CCCCCCCCC=CC(=O)[O-].[Ba+2]. The van der Waals surface area contributed by atoms with Crippen LogP contribution in [0.25, 0.3) is 0 Å². The molecule has 0 aliphatic rings. The minimum Gasteiger partial charge on any atom is -0.545 e. The molecule has 0 aliphatic carbocycles. The molecule has 0 fully saturated rings. The molecule has 0 N–H and O–H groups in total. The quantitative estimate of drug-likeness (QED) is 0.183. The van der Waals surface area contributed by atoms with Gasteiger partial charge in [0.25, 0.3) is 0 Å². The van der Waals surface area contributed by atoms with Gasteiger partial charge in [0.05, 0.1) is 11.9 Å². The largest absolute Gasteiger partial charge is 2.00 e. The number of aliphatic carboxylic acids is 2. The Morgan fingerprint density at radius 1 is 0.593 bits per heavy atom. The molecule has 0 aliphatic heterocycles. The molecule has 0 bridgehead atoms. The summed E-state index contributed by atoms with van der Waals surface area (Å²) < 4.78 is 0. The molecule has 0 aromatic rings. The van der Waals surface area contributed by atoms with Crippen LogP contribution in [0.1, 0.15) is 104 Å². The van der Waals surface area contributed by atoms with Crippen LogP contribution in [-0.4, -0.2) is 60.8 Å². The van der Waals surface area contributed by atoms with Crippen molar-refractivity contribution in [2.24, 2.45) is 0 Å². The number of unbranched alkanes of at least 4 members (excludes halogenated alkanes) is 12. The van der Waals surface area contributed by atoms with E-state index >= 15 is 0 Å². The third-order valence-electron chi connectivity index (χ3n) is 3.96. The predicted molar refractivity (Wildman–Crippen MR) is 110 cm³/mol. The van der Waals surface area contributed by atoms with E-state index in [1.165, 1.54) is 64.2 Å². The van der Waals surface area contributed by atoms with Gasteiger partial charge in [-0.1, -0.05) is 90.2 Å². The third kappa shape index (κ3) is 37.4. The van der Waals surface area contributed by atoms with Gasteiger partial charge >= 0.3 is 48.9 Å². The number of hydrogen-bond acceptors (Lipinski definition) is 4. The molecule has 27 heavy (non-hydrogen) atoms. The number of carbonyl (C=O) groups is 2. The molecule has 0 saturated heterocycles. The molecule has 0 amide bonds. The van der Waals surface area contributed by atoms with Gasteiger partial charge in [0.1, 0.15) is 0 Å². The third-order valence-corrected chi connectivity index (χ3v) is 3.96. The molecule has 0 unspecified atom stereocenters. The number of rotatable bonds is 16. The molecular weight excluding hydrogens is 466 g/mol. The van der Waals surface area contributed by atoms with E-state index in [1.807, 2.05) is 0 Å². The maximum absolute atomic E-state index is 9.98. The van der Waals surface area contributed by atoms with Gasteiger partial charge in [-0.2, -0.15) is 0 Å². The van der Waals surface area contributed by atoms with Gasteiger partial charge in [0, 0.05) is 0 Å². The van der Waals surface area contributed by atoms with Gasteiger partial charge in [0.15, 0.2) is 0 Å². The summed E-state index contributed by atoms with van der Waals surface area (Å²) in [6, 6.07) is 0. The predicted octanol–water partition coefficient (Wildman–Crippen LogP) is 3.71. The van der Waals surface area contributed by atoms with Crippen LogP contribution in [0.4, 0.5) is 0 Å². The van der Waals surface area contributed by atoms with Crippen LogP contribution < -0.4 is 10.2 Å². The van der Waals surface area contributed by atoms with Crippen molar-refractivity contribution in [3.8, 4) is 0 Å². The summed E-state index contributed by atoms with van der Waals surface area (Å²) in [6.07, 6.45) is 22.2. The van der Waals surface area contributed by atoms with Gasteiger partial charge in [-0.15, -0.1) is 0 Å². The number of allylic oxidation sites excluding steroid dienone is 2. The number of carboxylic acids is 2. The van der Waals surface area contributed by atoms with Crippen molar-refractivity contribution in [1.82, 2.24) is 0 Å². The zero-order valence-corrected chi connectivity index (χ0v) is 22.0. The smallest absolute Gasteiger partial charge is 0.545 e. The van der Waals surface area contributed by atoms with E-state index in [0.29, 0.717) is 0 Å². The maximum atomic E-state index is 9.98. The van der Waals surface area contributed by atoms with E-state index in [0.717, 1.165) is 37.8 Å². The fraction of sp³-hybridized carbons (Fsp3) is 0.727. The van der Waals surface area contributed by atoms with Gasteiger partial charge < -0.3 is 19.8 Å². The van der Waals surface area contributed by atoms with Crippen LogP contribution in [0.5, 0.6) is 0 Å². The summed E-state index contributed by atoms with van der Waals surface area (Å²) in [5.41, 5.74) is 0. The number of hydrogen-bond donors (Lipinski definition) is 0. The first-order valence-electron chi connectivity index (χ1n) is 10.3. The van der Waals surface area contributed by atoms with Crippen molar-refractivity contribution < 1.29 is 19.8 Å². The van der Waals surface area contributed by atoms with E-state index < -0.39 is 11.9 Å². The zero-order chi connectivity index (χ0) is 19.9. The number of carbonyl (C=O) groups excluding carboxylic acids is 2. The zero-order valence-electron chi connectivity index (χ0n) is 17.5. The van der Waals surface area contributed by atoms with Crippen molar-refractivity contribution in [2.75, 3.05) is 0 Å². The molecular formula is C22H38BaO4. The van der Waals surface area contributed by atoms with Crippen LogP contribution >= 0.6 is 0 Å². The fourth-order valence-corrected chi connectivity index (χ4v) is 2.44. The van der Waals surface area contributed by atoms with Crippen molar-refractivity contribution in [3.05, 3.63) is 24.3 Å². The molecule has 0 heterocycles. The van der Waals surface area contributed by atoms with Gasteiger partial charge in [-0.3, -0.25) is 0 Å². The Labute approximate surface area is 207 Å². The fourth-order valence-electron chi connectivity index (χ4n) is 2.44. The summed E-state index contributed by atoms with van der Waals surface area (Å²) in [5, 5.41) is 20.0. The number of carboxylic acid groups (broad SMARTS) is 2. The summed E-state index contributed by atoms with van der Waals surface area (Å²) in [4.78, 5) is 20.0. The summed E-state index contributed by atoms with van der Waals surface area (Å²) in [5.74, 6) is -2.18. The second-order valence-electron chi connectivity index (χ2n) is 6.56. The molecule has 0 spiro atoms. The molecule has 5 heteroatoms. The van der Waals surface area contributed by atoms with Crippen LogP contribution in [0.15, 0.2) is 24.3 Å². The first-order valence-corrected chi connectivity index (χ1v) is 10.3. The Morgan fingerprint density at radius 2 is 0.889 bits per heavy atom. The normalized spacial score (nSPS) is 10.4. The average Bonchev–Trinajstić information content (AvgIpc) is 2.60. The second kappa shape index (κ2) is 28.2. The Hall–Kier alpha value is -0.00857. The monoisotopic (exact) mass is 504 g/mol. The Morgan fingerprint density at radius 3 is 1.19 bits per heavy atom. The summed E-state index contributed by atoms with van der Waals surface area (Å²) >= 11 is 0. The molecule has 0 saturated carbocycles. The molecule has 0 radical (unpaired) electrons. The Kier molecular flexibility index (Phi) is 33.1. The Bertz CT molecular complexity index is 343. The topological polar surface area (TPSA) is 80.3 Å². The summed E-state index contributed by atoms with van der Waals surface area (Å²) in [6.45, 7) is 4.39. The second-order valence-corrected chi connectivity index (χ2v) is 6.56. The summed E-state index contributed by atoms with van der Waals surface area (Å²) in [7, 11) is 0. The molecule has 0 rings (SSSR count). The average molecular weight is 504 g/mol. The Balaban J connectivity index is -0.000000411. The molecule has 0 aromatic heterocycles. The molecule has 152 valence electrons. The molecule has 0 aromatic carbocycles. The van der Waals surface area contributed by atoms with Crippen molar-refractivity contribution >= 4 is 60.8 Å². The molecule has 0 atom stereocenters.